The standard InChI is InChI=1S/C25H36N6O10/c1-12(2)21(24(39)30-17(25(40)41)10-18(27)33)31-23(38)16(9-13-3-5-14(32)6-4-13)29-22(37)15(7-8-20(35)36)28-19(34)11-26/h3-6,12,15-17,21,32H,7-11,26H2,1-2H3,(H2,27,33)(H,28,34)(H,29,37)(H,30,39)(H,31,38)(H,35,36)(H,40,41)/t15-,16-,17-,21-/m0/s1. The van der Waals surface area contributed by atoms with Crippen LogP contribution in [-0.4, -0.2) is 87.5 Å². The Hall–Kier alpha value is -4.73. The van der Waals surface area contributed by atoms with Gasteiger partial charge in [0.15, 0.2) is 0 Å². The molecule has 41 heavy (non-hydrogen) atoms. The first-order valence-electron chi connectivity index (χ1n) is 12.6. The summed E-state index contributed by atoms with van der Waals surface area (Å²) >= 11 is 0. The number of hydrogen-bond acceptors (Lipinski definition) is 9. The lowest BCUT2D eigenvalue weighted by Crippen LogP contribution is -2.59. The Morgan fingerprint density at radius 1 is 0.805 bits per heavy atom. The fourth-order valence-corrected chi connectivity index (χ4v) is 3.59. The van der Waals surface area contributed by atoms with Crippen LogP contribution in [0.5, 0.6) is 5.75 Å². The maximum Gasteiger partial charge on any atom is 0.326 e. The van der Waals surface area contributed by atoms with Gasteiger partial charge in [-0.3, -0.25) is 28.8 Å². The molecule has 0 radical (unpaired) electrons. The number of hydrogen-bond donors (Lipinski definition) is 9. The number of amides is 5. The van der Waals surface area contributed by atoms with Crippen molar-refractivity contribution in [1.29, 1.82) is 0 Å². The summed E-state index contributed by atoms with van der Waals surface area (Å²) in [6, 6.07) is -0.0306. The van der Waals surface area contributed by atoms with E-state index >= 15 is 0 Å². The number of benzene rings is 1. The summed E-state index contributed by atoms with van der Waals surface area (Å²) < 4.78 is 0. The number of aromatic hydroxyl groups is 1. The Morgan fingerprint density at radius 2 is 1.37 bits per heavy atom. The molecule has 11 N–H and O–H groups in total. The number of carbonyl (C=O) groups excluding carboxylic acids is 5. The van der Waals surface area contributed by atoms with Crippen LogP contribution in [0.15, 0.2) is 24.3 Å². The van der Waals surface area contributed by atoms with Gasteiger partial charge in [0.1, 0.15) is 29.9 Å². The van der Waals surface area contributed by atoms with Gasteiger partial charge in [0, 0.05) is 12.8 Å². The summed E-state index contributed by atoms with van der Waals surface area (Å²) in [5, 5.41) is 37.3. The van der Waals surface area contributed by atoms with Crippen molar-refractivity contribution in [2.75, 3.05) is 6.54 Å². The SMILES string of the molecule is CC(C)[C@H](NC(=O)[C@H](Cc1ccc(O)cc1)NC(=O)[C@H](CCC(=O)O)NC(=O)CN)C(=O)N[C@@H](CC(N)=O)C(=O)O. The van der Waals surface area contributed by atoms with Gasteiger partial charge in [-0.1, -0.05) is 26.0 Å². The van der Waals surface area contributed by atoms with Crippen molar-refractivity contribution < 1.29 is 48.9 Å². The van der Waals surface area contributed by atoms with E-state index in [1.165, 1.54) is 24.3 Å². The second-order valence-corrected chi connectivity index (χ2v) is 9.49. The molecule has 1 rings (SSSR count). The predicted octanol–water partition coefficient (Wildman–Crippen LogP) is -2.69. The molecule has 0 spiro atoms. The van der Waals surface area contributed by atoms with Crippen molar-refractivity contribution in [2.45, 2.75) is 63.7 Å². The summed E-state index contributed by atoms with van der Waals surface area (Å²) in [7, 11) is 0. The van der Waals surface area contributed by atoms with Crippen LogP contribution < -0.4 is 32.7 Å². The van der Waals surface area contributed by atoms with Gasteiger partial charge in [-0.15, -0.1) is 0 Å². The zero-order valence-corrected chi connectivity index (χ0v) is 22.6. The zero-order chi connectivity index (χ0) is 31.3. The largest absolute Gasteiger partial charge is 0.508 e. The highest BCUT2D eigenvalue weighted by atomic mass is 16.4. The van der Waals surface area contributed by atoms with Crippen LogP contribution in [0.2, 0.25) is 0 Å². The number of carboxylic acid groups (broad SMARTS) is 2. The average molecular weight is 581 g/mol. The Kier molecular flexibility index (Phi) is 13.7. The van der Waals surface area contributed by atoms with Crippen LogP contribution in [0.1, 0.15) is 38.7 Å². The van der Waals surface area contributed by atoms with E-state index in [-0.39, 0.29) is 18.6 Å². The normalized spacial score (nSPS) is 13.7. The van der Waals surface area contributed by atoms with Gasteiger partial charge in [-0.05, 0) is 30.0 Å². The Bertz CT molecular complexity index is 1120. The molecule has 0 aliphatic heterocycles. The number of rotatable bonds is 17. The number of nitrogens with one attached hydrogen (secondary N) is 4. The summed E-state index contributed by atoms with van der Waals surface area (Å²) in [4.78, 5) is 84.9. The Balaban J connectivity index is 3.25. The second-order valence-electron chi connectivity index (χ2n) is 9.49. The lowest BCUT2D eigenvalue weighted by atomic mass is 10.00. The first-order chi connectivity index (χ1) is 19.1. The van der Waals surface area contributed by atoms with E-state index in [0.717, 1.165) is 0 Å². The van der Waals surface area contributed by atoms with Crippen LogP contribution in [0, 0.1) is 5.92 Å². The van der Waals surface area contributed by atoms with Gasteiger partial charge in [0.05, 0.1) is 13.0 Å². The van der Waals surface area contributed by atoms with Crippen molar-refractivity contribution in [3.63, 3.8) is 0 Å². The van der Waals surface area contributed by atoms with Gasteiger partial charge in [0.2, 0.25) is 29.5 Å². The predicted molar refractivity (Wildman–Crippen MR) is 142 cm³/mol. The number of phenols is 1. The van der Waals surface area contributed by atoms with Crippen molar-refractivity contribution >= 4 is 41.5 Å². The minimum absolute atomic E-state index is 0.0579. The smallest absolute Gasteiger partial charge is 0.326 e. The van der Waals surface area contributed by atoms with Gasteiger partial charge in [-0.25, -0.2) is 4.79 Å². The van der Waals surface area contributed by atoms with E-state index in [2.05, 4.69) is 21.3 Å². The molecule has 1 aromatic rings. The zero-order valence-electron chi connectivity index (χ0n) is 22.6. The first-order valence-corrected chi connectivity index (χ1v) is 12.6. The number of carboxylic acids is 2. The molecule has 0 aliphatic carbocycles. The topological polar surface area (TPSA) is 280 Å². The number of nitrogens with two attached hydrogens (primary N) is 2. The summed E-state index contributed by atoms with van der Waals surface area (Å²) in [5.41, 5.74) is 10.8. The fourth-order valence-electron chi connectivity index (χ4n) is 3.59. The monoisotopic (exact) mass is 580 g/mol. The molecule has 0 unspecified atom stereocenters. The molecular weight excluding hydrogens is 544 g/mol. The Labute approximate surface area is 235 Å². The molecule has 1 aromatic carbocycles. The van der Waals surface area contributed by atoms with Gasteiger partial charge in [-0.2, -0.15) is 0 Å². The molecule has 0 saturated heterocycles. The van der Waals surface area contributed by atoms with Gasteiger partial charge >= 0.3 is 11.9 Å². The molecule has 0 saturated carbocycles. The third-order valence-corrected chi connectivity index (χ3v) is 5.76. The molecule has 0 fully saturated rings. The molecule has 0 aliphatic rings. The van der Waals surface area contributed by atoms with E-state index < -0.39 is 90.9 Å². The lowest BCUT2D eigenvalue weighted by Gasteiger charge is -2.27. The van der Waals surface area contributed by atoms with Gasteiger partial charge in [0.25, 0.3) is 0 Å². The first kappa shape index (κ1) is 34.3. The Morgan fingerprint density at radius 3 is 1.85 bits per heavy atom. The van der Waals surface area contributed by atoms with E-state index in [1.54, 1.807) is 13.8 Å². The molecule has 0 heterocycles. The maximum absolute atomic E-state index is 13.4. The molecule has 16 heteroatoms. The van der Waals surface area contributed by atoms with Crippen LogP contribution in [0.3, 0.4) is 0 Å². The third kappa shape index (κ3) is 12.3. The average Bonchev–Trinajstić information content (AvgIpc) is 2.88. The fraction of sp³-hybridized carbons (Fsp3) is 0.480. The van der Waals surface area contributed by atoms with Gasteiger partial charge < -0.3 is 48.1 Å². The van der Waals surface area contributed by atoms with Crippen LogP contribution in [0.4, 0.5) is 0 Å². The van der Waals surface area contributed by atoms with E-state index in [4.69, 9.17) is 16.6 Å². The molecule has 16 nitrogen and oxygen atoms in total. The van der Waals surface area contributed by atoms with Crippen molar-refractivity contribution in [1.82, 2.24) is 21.3 Å². The molecule has 4 atom stereocenters. The molecular formula is C25H36N6O10. The minimum atomic E-state index is -1.65. The van der Waals surface area contributed by atoms with Crippen molar-refractivity contribution in [3.8, 4) is 5.75 Å². The van der Waals surface area contributed by atoms with Crippen LogP contribution >= 0.6 is 0 Å². The summed E-state index contributed by atoms with van der Waals surface area (Å²) in [5.74, 6) is -7.80. The third-order valence-electron chi connectivity index (χ3n) is 5.76. The van der Waals surface area contributed by atoms with E-state index in [1.807, 2.05) is 0 Å². The lowest BCUT2D eigenvalue weighted by molar-refractivity contribution is -0.144. The maximum atomic E-state index is 13.4. The number of carbonyl (C=O) groups is 7. The van der Waals surface area contributed by atoms with E-state index in [9.17, 15) is 43.8 Å². The minimum Gasteiger partial charge on any atom is -0.508 e. The summed E-state index contributed by atoms with van der Waals surface area (Å²) in [6.45, 7) is 2.64. The summed E-state index contributed by atoms with van der Waals surface area (Å²) in [6.07, 6.45) is -1.64. The number of primary amides is 1. The second kappa shape index (κ2) is 16.4. The highest BCUT2D eigenvalue weighted by molar-refractivity contribution is 5.96. The van der Waals surface area contributed by atoms with E-state index in [0.29, 0.717) is 5.56 Å². The molecule has 226 valence electrons. The van der Waals surface area contributed by atoms with Crippen LogP contribution in [0.25, 0.3) is 0 Å². The highest BCUT2D eigenvalue weighted by Crippen LogP contribution is 2.13. The molecule has 0 bridgehead atoms. The van der Waals surface area contributed by atoms with Crippen molar-refractivity contribution in [2.24, 2.45) is 17.4 Å². The van der Waals surface area contributed by atoms with Crippen molar-refractivity contribution in [3.05, 3.63) is 29.8 Å². The molecule has 0 aromatic heterocycles. The quantitative estimate of drug-likeness (QED) is 0.0914. The highest BCUT2D eigenvalue weighted by Gasteiger charge is 2.33. The number of phenolic OH excluding ortho intramolecular Hbond substituents is 1. The van der Waals surface area contributed by atoms with Crippen LogP contribution in [-0.2, 0) is 40.0 Å². The molecule has 5 amide bonds. The number of aliphatic carboxylic acids is 2.